The molecule has 5 nitrogen and oxygen atoms in total. The minimum atomic E-state index is -1.30. The first-order valence-corrected chi connectivity index (χ1v) is 7.79. The fourth-order valence-corrected chi connectivity index (χ4v) is 2.78. The highest BCUT2D eigenvalue weighted by molar-refractivity contribution is 5.93. The van der Waals surface area contributed by atoms with E-state index < -0.39 is 17.2 Å². The highest BCUT2D eigenvalue weighted by atomic mass is 19.1. The molecule has 0 saturated heterocycles. The van der Waals surface area contributed by atoms with Gasteiger partial charge in [-0.25, -0.2) is 9.18 Å². The van der Waals surface area contributed by atoms with Crippen LogP contribution in [0, 0.1) is 5.82 Å². The second-order valence-corrected chi connectivity index (χ2v) is 5.36. The normalized spacial score (nSPS) is 11.0. The van der Waals surface area contributed by atoms with Gasteiger partial charge in [-0.1, -0.05) is 6.92 Å². The zero-order valence-electron chi connectivity index (χ0n) is 13.6. The molecule has 2 aromatic rings. The number of aryl methyl sites for hydroxylation is 1. The van der Waals surface area contributed by atoms with Crippen LogP contribution in [-0.4, -0.2) is 28.7 Å². The lowest BCUT2D eigenvalue weighted by Crippen LogP contribution is -2.24. The van der Waals surface area contributed by atoms with Crippen molar-refractivity contribution in [2.24, 2.45) is 0 Å². The number of fused-ring (bicyclic) bond motifs is 1. The van der Waals surface area contributed by atoms with Crippen molar-refractivity contribution in [3.63, 3.8) is 0 Å². The second kappa shape index (κ2) is 6.81. The van der Waals surface area contributed by atoms with Crippen molar-refractivity contribution in [1.29, 1.82) is 0 Å². The molecule has 0 radical (unpaired) electrons. The van der Waals surface area contributed by atoms with Crippen molar-refractivity contribution in [2.75, 3.05) is 18.0 Å². The molecule has 124 valence electrons. The standard InChI is InChI=1S/C17H21FN2O3/c1-4-7-20-10-12(17(22)23)16(21)11-8-13(18)15(9-14(11)20)19(5-2)6-3/h8-10H,4-7H2,1-3H3,(H,22,23). The number of nitrogens with zero attached hydrogens (tertiary/aromatic N) is 2. The Hall–Kier alpha value is -2.37. The maximum Gasteiger partial charge on any atom is 0.341 e. The molecule has 0 aliphatic carbocycles. The predicted octanol–water partition coefficient (Wildman–Crippen LogP) is 3.10. The summed E-state index contributed by atoms with van der Waals surface area (Å²) in [6.07, 6.45) is 2.12. The van der Waals surface area contributed by atoms with Gasteiger partial charge in [0.25, 0.3) is 0 Å². The molecule has 0 atom stereocenters. The number of pyridine rings is 1. The largest absolute Gasteiger partial charge is 0.477 e. The average molecular weight is 320 g/mol. The van der Waals surface area contributed by atoms with Gasteiger partial charge in [0.2, 0.25) is 5.43 Å². The van der Waals surface area contributed by atoms with Crippen LogP contribution in [0.25, 0.3) is 10.9 Å². The van der Waals surface area contributed by atoms with E-state index in [4.69, 9.17) is 0 Å². The highest BCUT2D eigenvalue weighted by Crippen LogP contribution is 2.25. The Morgan fingerprint density at radius 1 is 1.26 bits per heavy atom. The van der Waals surface area contributed by atoms with Gasteiger partial charge in [-0.3, -0.25) is 4.79 Å². The number of aromatic nitrogens is 1. The van der Waals surface area contributed by atoms with Gasteiger partial charge in [0.15, 0.2) is 0 Å². The molecule has 0 saturated carbocycles. The summed E-state index contributed by atoms with van der Waals surface area (Å²) in [6.45, 7) is 7.66. The molecule has 1 aromatic carbocycles. The summed E-state index contributed by atoms with van der Waals surface area (Å²) in [4.78, 5) is 25.4. The van der Waals surface area contributed by atoms with Gasteiger partial charge in [0.1, 0.15) is 11.4 Å². The topological polar surface area (TPSA) is 62.5 Å². The lowest BCUT2D eigenvalue weighted by Gasteiger charge is -2.23. The molecule has 1 N–H and O–H groups in total. The van der Waals surface area contributed by atoms with Crippen molar-refractivity contribution in [3.05, 3.63) is 39.9 Å². The lowest BCUT2D eigenvalue weighted by molar-refractivity contribution is 0.0695. The van der Waals surface area contributed by atoms with E-state index in [0.717, 1.165) is 12.5 Å². The van der Waals surface area contributed by atoms with E-state index in [1.807, 2.05) is 25.7 Å². The Bertz CT molecular complexity index is 795. The third-order valence-electron chi connectivity index (χ3n) is 3.95. The lowest BCUT2D eigenvalue weighted by atomic mass is 10.1. The summed E-state index contributed by atoms with van der Waals surface area (Å²) in [7, 11) is 0. The van der Waals surface area contributed by atoms with Crippen LogP contribution in [-0.2, 0) is 6.54 Å². The average Bonchev–Trinajstić information content (AvgIpc) is 2.52. The quantitative estimate of drug-likeness (QED) is 0.888. The summed E-state index contributed by atoms with van der Waals surface area (Å²) < 4.78 is 16.2. The predicted molar refractivity (Wildman–Crippen MR) is 89.0 cm³/mol. The van der Waals surface area contributed by atoms with Gasteiger partial charge in [-0.2, -0.15) is 0 Å². The molecule has 0 fully saturated rings. The van der Waals surface area contributed by atoms with E-state index in [-0.39, 0.29) is 10.9 Å². The van der Waals surface area contributed by atoms with E-state index in [0.29, 0.717) is 30.8 Å². The molecule has 0 aliphatic heterocycles. The van der Waals surface area contributed by atoms with E-state index >= 15 is 0 Å². The van der Waals surface area contributed by atoms with Gasteiger partial charge in [0, 0.05) is 31.2 Å². The maximum absolute atomic E-state index is 14.4. The molecule has 0 amide bonds. The van der Waals surface area contributed by atoms with Crippen LogP contribution in [0.2, 0.25) is 0 Å². The van der Waals surface area contributed by atoms with Crippen molar-refractivity contribution < 1.29 is 14.3 Å². The van der Waals surface area contributed by atoms with Crippen LogP contribution in [0.5, 0.6) is 0 Å². The summed E-state index contributed by atoms with van der Waals surface area (Å²) in [5.74, 6) is -1.81. The van der Waals surface area contributed by atoms with Crippen LogP contribution >= 0.6 is 0 Å². The number of aromatic carboxylic acids is 1. The zero-order valence-corrected chi connectivity index (χ0v) is 13.6. The third kappa shape index (κ3) is 3.06. The van der Waals surface area contributed by atoms with Crippen molar-refractivity contribution in [2.45, 2.75) is 33.7 Å². The first kappa shape index (κ1) is 17.0. The SMILES string of the molecule is CCCn1cc(C(=O)O)c(=O)c2cc(F)c(N(CC)CC)cc21. The number of carboxylic acid groups (broad SMARTS) is 1. The van der Waals surface area contributed by atoms with Crippen molar-refractivity contribution >= 4 is 22.6 Å². The molecule has 2 rings (SSSR count). The molecule has 1 aromatic heterocycles. The number of benzene rings is 1. The van der Waals surface area contributed by atoms with Gasteiger partial charge in [0.05, 0.1) is 11.2 Å². The Labute approximate surface area is 134 Å². The maximum atomic E-state index is 14.4. The molecule has 0 unspecified atom stereocenters. The molecule has 6 heteroatoms. The molecular formula is C17H21FN2O3. The third-order valence-corrected chi connectivity index (χ3v) is 3.95. The summed E-state index contributed by atoms with van der Waals surface area (Å²) in [6, 6.07) is 2.80. The monoisotopic (exact) mass is 320 g/mol. The second-order valence-electron chi connectivity index (χ2n) is 5.36. The number of anilines is 1. The number of halogens is 1. The highest BCUT2D eigenvalue weighted by Gasteiger charge is 2.18. The summed E-state index contributed by atoms with van der Waals surface area (Å²) in [5, 5.41) is 9.29. The number of hydrogen-bond donors (Lipinski definition) is 1. The van der Waals surface area contributed by atoms with Gasteiger partial charge in [-0.15, -0.1) is 0 Å². The van der Waals surface area contributed by atoms with Gasteiger partial charge in [-0.05, 0) is 32.4 Å². The fraction of sp³-hybridized carbons (Fsp3) is 0.412. The van der Waals surface area contributed by atoms with E-state index in [1.54, 1.807) is 10.6 Å². The molecule has 1 heterocycles. The zero-order chi connectivity index (χ0) is 17.1. The molecule has 0 aliphatic rings. The van der Waals surface area contributed by atoms with E-state index in [2.05, 4.69) is 0 Å². The number of rotatable bonds is 6. The summed E-state index contributed by atoms with van der Waals surface area (Å²) >= 11 is 0. The van der Waals surface area contributed by atoms with Gasteiger partial charge >= 0.3 is 5.97 Å². The van der Waals surface area contributed by atoms with E-state index in [1.165, 1.54) is 6.20 Å². The van der Waals surface area contributed by atoms with Crippen molar-refractivity contribution in [1.82, 2.24) is 4.57 Å². The minimum Gasteiger partial charge on any atom is -0.477 e. The minimum absolute atomic E-state index is 0.103. The molecular weight excluding hydrogens is 299 g/mol. The van der Waals surface area contributed by atoms with E-state index in [9.17, 15) is 19.1 Å². The molecule has 0 spiro atoms. The fourth-order valence-electron chi connectivity index (χ4n) is 2.78. The first-order valence-electron chi connectivity index (χ1n) is 7.79. The Morgan fingerprint density at radius 2 is 1.91 bits per heavy atom. The number of hydrogen-bond acceptors (Lipinski definition) is 3. The van der Waals surface area contributed by atoms with Crippen LogP contribution in [0.3, 0.4) is 0 Å². The van der Waals surface area contributed by atoms with Gasteiger partial charge < -0.3 is 14.6 Å². The first-order chi connectivity index (χ1) is 10.9. The number of carboxylic acids is 1. The Balaban J connectivity index is 2.84. The van der Waals surface area contributed by atoms with Crippen molar-refractivity contribution in [3.8, 4) is 0 Å². The molecule has 23 heavy (non-hydrogen) atoms. The van der Waals surface area contributed by atoms with Crippen LogP contribution in [0.4, 0.5) is 10.1 Å². The Kier molecular flexibility index (Phi) is 5.03. The van der Waals surface area contributed by atoms with Crippen LogP contribution in [0.15, 0.2) is 23.1 Å². The summed E-state index contributed by atoms with van der Waals surface area (Å²) in [5.41, 5.74) is 0.00534. The smallest absolute Gasteiger partial charge is 0.341 e. The van der Waals surface area contributed by atoms with Crippen LogP contribution < -0.4 is 10.3 Å². The van der Waals surface area contributed by atoms with Crippen LogP contribution in [0.1, 0.15) is 37.6 Å². The number of carbonyl (C=O) groups is 1. The Morgan fingerprint density at radius 3 is 2.43 bits per heavy atom. The molecule has 0 bridgehead atoms.